The zero-order chi connectivity index (χ0) is 32.4. The minimum absolute atomic E-state index is 0.0132. The highest BCUT2D eigenvalue weighted by molar-refractivity contribution is 6.30. The van der Waals surface area contributed by atoms with E-state index >= 15 is 8.78 Å². The number of fused-ring (bicyclic) bond motifs is 2. The summed E-state index contributed by atoms with van der Waals surface area (Å²) in [6, 6.07) is 16.0. The predicted octanol–water partition coefficient (Wildman–Crippen LogP) is 7.80. The number of rotatable bonds is 8. The molecular formula is C34H24ClF3N4O4. The van der Waals surface area contributed by atoms with Crippen molar-refractivity contribution in [2.75, 3.05) is 0 Å². The Morgan fingerprint density at radius 2 is 1.83 bits per heavy atom. The van der Waals surface area contributed by atoms with Gasteiger partial charge in [-0.1, -0.05) is 23.7 Å². The van der Waals surface area contributed by atoms with Gasteiger partial charge in [-0.05, 0) is 66.9 Å². The Morgan fingerprint density at radius 3 is 2.54 bits per heavy atom. The predicted molar refractivity (Wildman–Crippen MR) is 161 cm³/mol. The smallest absolute Gasteiger partial charge is 0.354 e. The molecule has 1 N–H and O–H groups in total. The number of pyridine rings is 1. The normalized spacial score (nSPS) is 17.7. The Morgan fingerprint density at radius 1 is 1.02 bits per heavy atom. The summed E-state index contributed by atoms with van der Waals surface area (Å²) >= 11 is 5.91. The van der Waals surface area contributed by atoms with E-state index in [0.29, 0.717) is 30.0 Å². The number of carboxylic acid groups (broad SMARTS) is 1. The van der Waals surface area contributed by atoms with Gasteiger partial charge in [0.2, 0.25) is 0 Å². The van der Waals surface area contributed by atoms with Crippen molar-refractivity contribution in [3.05, 3.63) is 106 Å². The molecule has 7 rings (SSSR count). The molecule has 0 amide bonds. The van der Waals surface area contributed by atoms with Gasteiger partial charge >= 0.3 is 5.97 Å². The van der Waals surface area contributed by atoms with Gasteiger partial charge in [0, 0.05) is 47.9 Å². The third kappa shape index (κ3) is 5.08. The number of para-hydroxylation sites is 1. The summed E-state index contributed by atoms with van der Waals surface area (Å²) in [5, 5.41) is 19.1. The van der Waals surface area contributed by atoms with E-state index in [2.05, 4.69) is 16.0 Å². The van der Waals surface area contributed by atoms with Gasteiger partial charge in [-0.2, -0.15) is 5.26 Å². The van der Waals surface area contributed by atoms with E-state index < -0.39 is 29.2 Å². The van der Waals surface area contributed by atoms with Crippen LogP contribution < -0.4 is 9.47 Å². The lowest BCUT2D eigenvalue weighted by Gasteiger charge is -2.24. The SMILES string of the molecule is CC1(c2ccc(Cl)cc2F)Oc2cccc(-c3cc(F)c(Cc4nc5ccc(C(=O)O)nc5n4CC4(CC#N)CC4)cc3F)c2O1. The Hall–Kier alpha value is -5.08. The standard InChI is InChI=1S/C34H24ClF3N4O4/c1-33(22-6-5-19(35)15-25(22)38)45-28-4-2-3-20(30(28)46-33)21-16-23(36)18(13-24(21)37)14-29-40-26-7-8-27(32(43)44)41-31(26)42(29)17-34(9-10-34)11-12-39/h2-8,13,15-16H,9-11,14,17H2,1H3,(H,43,44). The number of imidazole rings is 1. The van der Waals surface area contributed by atoms with Gasteiger partial charge in [0.1, 0.15) is 28.8 Å². The van der Waals surface area contributed by atoms with E-state index in [9.17, 15) is 19.6 Å². The van der Waals surface area contributed by atoms with Gasteiger partial charge in [0.05, 0.1) is 11.6 Å². The summed E-state index contributed by atoms with van der Waals surface area (Å²) in [5.74, 6) is -4.18. The molecular weight excluding hydrogens is 621 g/mol. The quantitative estimate of drug-likeness (QED) is 0.184. The van der Waals surface area contributed by atoms with E-state index in [1.807, 2.05) is 0 Å². The molecule has 46 heavy (non-hydrogen) atoms. The summed E-state index contributed by atoms with van der Waals surface area (Å²) in [6.45, 7) is 1.86. The van der Waals surface area contributed by atoms with Crippen LogP contribution in [-0.4, -0.2) is 25.6 Å². The fourth-order valence-electron chi connectivity index (χ4n) is 5.95. The zero-order valence-corrected chi connectivity index (χ0v) is 25.0. The number of nitriles is 1. The molecule has 5 aromatic rings. The van der Waals surface area contributed by atoms with Crippen LogP contribution in [0.1, 0.15) is 53.6 Å². The molecule has 12 heteroatoms. The lowest BCUT2D eigenvalue weighted by Crippen LogP contribution is -2.32. The molecule has 1 fully saturated rings. The first-order valence-electron chi connectivity index (χ1n) is 14.4. The van der Waals surface area contributed by atoms with Crippen molar-refractivity contribution < 1.29 is 32.5 Å². The van der Waals surface area contributed by atoms with E-state index in [0.717, 1.165) is 31.0 Å². The highest BCUT2D eigenvalue weighted by Gasteiger charge is 2.44. The molecule has 1 atom stereocenters. The van der Waals surface area contributed by atoms with Crippen LogP contribution in [0, 0.1) is 34.2 Å². The molecule has 1 unspecified atom stereocenters. The lowest BCUT2D eigenvalue weighted by molar-refractivity contribution is -0.0705. The van der Waals surface area contributed by atoms with E-state index in [1.165, 1.54) is 31.2 Å². The number of hydrogen-bond donors (Lipinski definition) is 1. The number of carbonyl (C=O) groups is 1. The summed E-state index contributed by atoms with van der Waals surface area (Å²) in [7, 11) is 0. The van der Waals surface area contributed by atoms with Gasteiger partial charge in [0.15, 0.2) is 22.8 Å². The molecule has 0 radical (unpaired) electrons. The number of hydrogen-bond acceptors (Lipinski definition) is 6. The average molecular weight is 645 g/mol. The van der Waals surface area contributed by atoms with Crippen molar-refractivity contribution in [1.82, 2.24) is 14.5 Å². The molecule has 1 saturated carbocycles. The summed E-state index contributed by atoms with van der Waals surface area (Å²) in [4.78, 5) is 20.5. The van der Waals surface area contributed by atoms with Crippen LogP contribution in [0.5, 0.6) is 11.5 Å². The molecule has 3 heterocycles. The number of ether oxygens (including phenoxy) is 2. The van der Waals surface area contributed by atoms with Gasteiger partial charge in [0.25, 0.3) is 5.79 Å². The number of aromatic carboxylic acids is 1. The van der Waals surface area contributed by atoms with Crippen LogP contribution in [0.2, 0.25) is 5.02 Å². The first-order chi connectivity index (χ1) is 22.0. The van der Waals surface area contributed by atoms with Gasteiger partial charge < -0.3 is 19.1 Å². The van der Waals surface area contributed by atoms with Crippen LogP contribution >= 0.6 is 11.6 Å². The maximum absolute atomic E-state index is 15.9. The number of nitrogens with zero attached hydrogens (tertiary/aromatic N) is 4. The first kappa shape index (κ1) is 29.6. The number of aromatic nitrogens is 3. The first-order valence-corrected chi connectivity index (χ1v) is 14.8. The lowest BCUT2D eigenvalue weighted by atomic mass is 9.99. The fraction of sp³-hybridized carbons (Fsp3) is 0.235. The van der Waals surface area contributed by atoms with E-state index in [-0.39, 0.29) is 56.3 Å². The second-order valence-corrected chi connectivity index (χ2v) is 12.2. The van der Waals surface area contributed by atoms with Gasteiger partial charge in [-0.3, -0.25) is 0 Å². The monoisotopic (exact) mass is 644 g/mol. The van der Waals surface area contributed by atoms with Crippen molar-refractivity contribution in [3.8, 4) is 28.7 Å². The maximum Gasteiger partial charge on any atom is 0.354 e. The number of carboxylic acids is 1. The number of benzene rings is 3. The van der Waals surface area contributed by atoms with E-state index in [1.54, 1.807) is 22.8 Å². The molecule has 0 bridgehead atoms. The van der Waals surface area contributed by atoms with Crippen LogP contribution in [-0.2, 0) is 18.8 Å². The average Bonchev–Trinajstić information content (AvgIpc) is 3.55. The third-order valence-corrected chi connectivity index (χ3v) is 8.81. The highest BCUT2D eigenvalue weighted by Crippen LogP contribution is 2.51. The maximum atomic E-state index is 15.9. The van der Waals surface area contributed by atoms with E-state index in [4.69, 9.17) is 21.1 Å². The number of halogens is 4. The second kappa shape index (κ2) is 10.8. The minimum Gasteiger partial charge on any atom is -0.477 e. The van der Waals surface area contributed by atoms with Crippen LogP contribution in [0.15, 0.2) is 60.7 Å². The van der Waals surface area contributed by atoms with Gasteiger partial charge in [-0.25, -0.2) is 27.9 Å². The Balaban J connectivity index is 1.24. The Bertz CT molecular complexity index is 2120. The molecule has 232 valence electrons. The van der Waals surface area contributed by atoms with Crippen LogP contribution in [0.3, 0.4) is 0 Å². The Labute approximate surface area is 265 Å². The largest absolute Gasteiger partial charge is 0.477 e. The topological polar surface area (TPSA) is 110 Å². The van der Waals surface area contributed by atoms with Crippen molar-refractivity contribution in [2.45, 2.75) is 44.9 Å². The molecule has 0 saturated heterocycles. The Kier molecular flexibility index (Phi) is 6.94. The van der Waals surface area contributed by atoms with Gasteiger partial charge in [-0.15, -0.1) is 0 Å². The fourth-order valence-corrected chi connectivity index (χ4v) is 6.11. The molecule has 3 aromatic carbocycles. The minimum atomic E-state index is -1.58. The molecule has 2 aromatic heterocycles. The summed E-state index contributed by atoms with van der Waals surface area (Å²) in [6.07, 6.45) is 1.77. The summed E-state index contributed by atoms with van der Waals surface area (Å²) < 4.78 is 60.2. The summed E-state index contributed by atoms with van der Waals surface area (Å²) in [5.41, 5.74) is 0.429. The molecule has 1 aliphatic carbocycles. The molecule has 1 aliphatic heterocycles. The molecule has 8 nitrogen and oxygen atoms in total. The van der Waals surface area contributed by atoms with Crippen molar-refractivity contribution in [2.24, 2.45) is 5.41 Å². The van der Waals surface area contributed by atoms with Crippen LogP contribution in [0.4, 0.5) is 13.2 Å². The zero-order valence-electron chi connectivity index (χ0n) is 24.3. The second-order valence-electron chi connectivity index (χ2n) is 11.8. The molecule has 2 aliphatic rings. The molecule has 0 spiro atoms. The van der Waals surface area contributed by atoms with Crippen molar-refractivity contribution >= 4 is 28.7 Å². The van der Waals surface area contributed by atoms with Crippen molar-refractivity contribution in [3.63, 3.8) is 0 Å². The van der Waals surface area contributed by atoms with Crippen molar-refractivity contribution in [1.29, 1.82) is 5.26 Å². The third-order valence-electron chi connectivity index (χ3n) is 8.57. The van der Waals surface area contributed by atoms with Crippen LogP contribution in [0.25, 0.3) is 22.3 Å². The highest BCUT2D eigenvalue weighted by atomic mass is 35.5.